The van der Waals surface area contributed by atoms with Gasteiger partial charge in [-0.1, -0.05) is 47.7 Å². The number of amidine groups is 1. The number of hydrogen-bond donors (Lipinski definition) is 0. The van der Waals surface area contributed by atoms with Crippen LogP contribution in [0.3, 0.4) is 0 Å². The number of thioether (sulfide) groups is 1. The Kier molecular flexibility index (Phi) is 5.29. The predicted molar refractivity (Wildman–Crippen MR) is 120 cm³/mol. The number of anilines is 1. The molecule has 29 heavy (non-hydrogen) atoms. The molecule has 0 saturated carbocycles. The van der Waals surface area contributed by atoms with E-state index in [2.05, 4.69) is 4.99 Å². The summed E-state index contributed by atoms with van der Waals surface area (Å²) in [4.78, 5) is 19.1. The van der Waals surface area contributed by atoms with Gasteiger partial charge < -0.3 is 4.90 Å². The zero-order chi connectivity index (χ0) is 20.8. The van der Waals surface area contributed by atoms with Crippen LogP contribution in [0.5, 0.6) is 0 Å². The second-order valence-electron chi connectivity index (χ2n) is 7.89. The largest absolute Gasteiger partial charge is 0.316 e. The van der Waals surface area contributed by atoms with Gasteiger partial charge in [0.05, 0.1) is 24.0 Å². The zero-order valence-electron chi connectivity index (χ0n) is 16.8. The van der Waals surface area contributed by atoms with Crippen LogP contribution in [-0.4, -0.2) is 42.3 Å². The van der Waals surface area contributed by atoms with Crippen molar-refractivity contribution in [3.8, 4) is 0 Å². The van der Waals surface area contributed by atoms with Gasteiger partial charge in [0.1, 0.15) is 0 Å². The van der Waals surface area contributed by atoms with Gasteiger partial charge in [-0.3, -0.25) is 4.79 Å². The molecule has 0 bridgehead atoms. The summed E-state index contributed by atoms with van der Waals surface area (Å²) in [7, 11) is -3.07. The topological polar surface area (TPSA) is 66.8 Å². The maximum atomic E-state index is 12.7. The average Bonchev–Trinajstić information content (AvgIpc) is 3.08. The van der Waals surface area contributed by atoms with Crippen LogP contribution in [0.15, 0.2) is 47.5 Å². The Morgan fingerprint density at radius 2 is 1.90 bits per heavy atom. The van der Waals surface area contributed by atoms with Gasteiger partial charge in [-0.15, -0.1) is 0 Å². The molecule has 152 valence electrons. The molecule has 1 amide bonds. The van der Waals surface area contributed by atoms with E-state index in [1.165, 1.54) is 17.3 Å². The lowest BCUT2D eigenvalue weighted by Gasteiger charge is -2.25. The third-order valence-electron chi connectivity index (χ3n) is 5.49. The van der Waals surface area contributed by atoms with E-state index < -0.39 is 9.84 Å². The molecule has 2 heterocycles. The maximum Gasteiger partial charge on any atom is 0.252 e. The van der Waals surface area contributed by atoms with E-state index in [1.807, 2.05) is 68.1 Å². The highest BCUT2D eigenvalue weighted by Crippen LogP contribution is 2.41. The van der Waals surface area contributed by atoms with Gasteiger partial charge in [0, 0.05) is 10.9 Å². The quantitative estimate of drug-likeness (QED) is 0.749. The Labute approximate surface area is 176 Å². The molecule has 7 heteroatoms. The molecule has 2 aromatic carbocycles. The summed E-state index contributed by atoms with van der Waals surface area (Å²) in [5, 5.41) is 0.517. The summed E-state index contributed by atoms with van der Waals surface area (Å²) in [5.41, 5.74) is 5.23. The first kappa shape index (κ1) is 20.2. The molecule has 2 aromatic rings. The molecule has 2 atom stereocenters. The normalized spacial score (nSPS) is 24.1. The summed E-state index contributed by atoms with van der Waals surface area (Å²) in [6.45, 7) is 6.07. The zero-order valence-corrected chi connectivity index (χ0v) is 18.4. The molecular weight excluding hydrogens is 404 g/mol. The van der Waals surface area contributed by atoms with E-state index >= 15 is 0 Å². The summed E-state index contributed by atoms with van der Waals surface area (Å²) in [6, 6.07) is 13.7. The molecule has 0 spiro atoms. The van der Waals surface area contributed by atoms with E-state index in [0.717, 1.165) is 22.4 Å². The monoisotopic (exact) mass is 428 g/mol. The van der Waals surface area contributed by atoms with Crippen molar-refractivity contribution in [2.75, 3.05) is 16.4 Å². The SMILES string of the molecule is Cc1cccc(CC(=O)N=C2S[C@@H]3CS(=O)(=O)C[C@H]3N2c2ccc(C)c(C)c2)c1. The van der Waals surface area contributed by atoms with Gasteiger partial charge in [-0.25, -0.2) is 8.42 Å². The lowest BCUT2D eigenvalue weighted by atomic mass is 10.1. The highest BCUT2D eigenvalue weighted by molar-refractivity contribution is 8.16. The number of nitrogens with zero attached hydrogens (tertiary/aromatic N) is 2. The highest BCUT2D eigenvalue weighted by Gasteiger charge is 2.49. The molecule has 2 aliphatic rings. The molecule has 5 nitrogen and oxygen atoms in total. The van der Waals surface area contributed by atoms with Crippen molar-refractivity contribution in [1.29, 1.82) is 0 Å². The number of sulfone groups is 1. The smallest absolute Gasteiger partial charge is 0.252 e. The van der Waals surface area contributed by atoms with E-state index in [4.69, 9.17) is 0 Å². The lowest BCUT2D eigenvalue weighted by Crippen LogP contribution is -2.37. The minimum Gasteiger partial charge on any atom is -0.316 e. The highest BCUT2D eigenvalue weighted by atomic mass is 32.2. The van der Waals surface area contributed by atoms with Crippen molar-refractivity contribution in [2.45, 2.75) is 38.5 Å². The van der Waals surface area contributed by atoms with Crippen LogP contribution in [0, 0.1) is 20.8 Å². The molecule has 0 aliphatic carbocycles. The van der Waals surface area contributed by atoms with Crippen molar-refractivity contribution in [1.82, 2.24) is 0 Å². The van der Waals surface area contributed by atoms with Crippen LogP contribution in [0.4, 0.5) is 5.69 Å². The molecule has 0 N–H and O–H groups in total. The predicted octanol–water partition coefficient (Wildman–Crippen LogP) is 3.46. The molecule has 2 saturated heterocycles. The van der Waals surface area contributed by atoms with Gasteiger partial charge in [-0.05, 0) is 49.6 Å². The summed E-state index contributed by atoms with van der Waals surface area (Å²) in [6.07, 6.45) is 0.236. The molecule has 0 radical (unpaired) electrons. The summed E-state index contributed by atoms with van der Waals surface area (Å²) in [5.74, 6) is 0.0204. The Balaban J connectivity index is 1.66. The van der Waals surface area contributed by atoms with Gasteiger partial charge in [0.2, 0.25) is 0 Å². The van der Waals surface area contributed by atoms with Gasteiger partial charge in [-0.2, -0.15) is 4.99 Å². The number of aryl methyl sites for hydroxylation is 3. The van der Waals surface area contributed by atoms with Crippen molar-refractivity contribution in [3.05, 3.63) is 64.7 Å². The van der Waals surface area contributed by atoms with Crippen LogP contribution in [0.1, 0.15) is 22.3 Å². The second-order valence-corrected chi connectivity index (χ2v) is 11.3. The third kappa shape index (κ3) is 4.26. The standard InChI is InChI=1S/C22H24N2O3S2/c1-14-5-4-6-17(9-14)11-21(25)23-22-24(18-8-7-15(2)16(3)10-18)19-12-29(26,27)13-20(19)28-22/h4-10,19-20H,11-13H2,1-3H3/t19-,20-/m1/s1. The van der Waals surface area contributed by atoms with Crippen molar-refractivity contribution >= 4 is 38.4 Å². The fraction of sp³-hybridized carbons (Fsp3) is 0.364. The first-order valence-electron chi connectivity index (χ1n) is 9.62. The fourth-order valence-corrected chi connectivity index (χ4v) is 7.82. The van der Waals surface area contributed by atoms with Gasteiger partial charge in [0.25, 0.3) is 5.91 Å². The van der Waals surface area contributed by atoms with Crippen LogP contribution in [0.25, 0.3) is 0 Å². The van der Waals surface area contributed by atoms with E-state index in [-0.39, 0.29) is 35.1 Å². The van der Waals surface area contributed by atoms with Crippen molar-refractivity contribution in [3.63, 3.8) is 0 Å². The third-order valence-corrected chi connectivity index (χ3v) is 8.70. The van der Waals surface area contributed by atoms with Crippen LogP contribution < -0.4 is 4.90 Å². The van der Waals surface area contributed by atoms with Crippen LogP contribution >= 0.6 is 11.8 Å². The summed E-state index contributed by atoms with van der Waals surface area (Å²) >= 11 is 1.41. The lowest BCUT2D eigenvalue weighted by molar-refractivity contribution is -0.117. The summed E-state index contributed by atoms with van der Waals surface area (Å²) < 4.78 is 24.4. The number of carbonyl (C=O) groups excluding carboxylic acids is 1. The minimum atomic E-state index is -3.07. The number of rotatable bonds is 3. The molecule has 2 fully saturated rings. The number of fused-ring (bicyclic) bond motifs is 1. The van der Waals surface area contributed by atoms with Crippen molar-refractivity contribution in [2.24, 2.45) is 4.99 Å². The second kappa shape index (κ2) is 7.61. The van der Waals surface area contributed by atoms with Crippen molar-refractivity contribution < 1.29 is 13.2 Å². The van der Waals surface area contributed by atoms with Crippen LogP contribution in [0.2, 0.25) is 0 Å². The minimum absolute atomic E-state index is 0.0906. The Bertz CT molecular complexity index is 1110. The number of carbonyl (C=O) groups is 1. The van der Waals surface area contributed by atoms with E-state index in [1.54, 1.807) is 0 Å². The van der Waals surface area contributed by atoms with Gasteiger partial charge >= 0.3 is 0 Å². The molecular formula is C22H24N2O3S2. The Morgan fingerprint density at radius 1 is 1.10 bits per heavy atom. The Morgan fingerprint density at radius 3 is 2.62 bits per heavy atom. The average molecular weight is 429 g/mol. The molecule has 0 aromatic heterocycles. The fourth-order valence-electron chi connectivity index (χ4n) is 3.88. The Hall–Kier alpha value is -2.12. The first-order valence-corrected chi connectivity index (χ1v) is 12.3. The number of benzene rings is 2. The first-order chi connectivity index (χ1) is 13.7. The van der Waals surface area contributed by atoms with Crippen LogP contribution in [-0.2, 0) is 21.1 Å². The maximum absolute atomic E-state index is 12.7. The molecule has 0 unspecified atom stereocenters. The van der Waals surface area contributed by atoms with Gasteiger partial charge in [0.15, 0.2) is 15.0 Å². The number of amides is 1. The molecule has 4 rings (SSSR count). The number of hydrogen-bond acceptors (Lipinski definition) is 4. The number of aliphatic imine (C=N–C) groups is 1. The van der Waals surface area contributed by atoms with E-state index in [0.29, 0.717) is 5.17 Å². The van der Waals surface area contributed by atoms with E-state index in [9.17, 15) is 13.2 Å². The molecule has 2 aliphatic heterocycles.